The number of benzene rings is 2. The van der Waals surface area contributed by atoms with Gasteiger partial charge in [-0.3, -0.25) is 4.79 Å². The second-order valence-corrected chi connectivity index (χ2v) is 5.16. The van der Waals surface area contributed by atoms with Crippen LogP contribution in [-0.2, 0) is 13.2 Å². The summed E-state index contributed by atoms with van der Waals surface area (Å²) in [5.41, 5.74) is 0.535. The van der Waals surface area contributed by atoms with E-state index in [9.17, 15) is 9.18 Å². The molecule has 0 fully saturated rings. The molecule has 0 atom stereocenters. The van der Waals surface area contributed by atoms with Gasteiger partial charge in [0.1, 0.15) is 18.2 Å². The number of nitrogens with zero attached hydrogens (tertiary/aromatic N) is 4. The smallest absolute Gasteiger partial charge is 0.255 e. The molecule has 3 aromatic rings. The number of aromatic nitrogens is 4. The van der Waals surface area contributed by atoms with Crippen LogP contribution >= 0.6 is 0 Å². The van der Waals surface area contributed by atoms with Crippen molar-refractivity contribution in [1.29, 1.82) is 0 Å². The number of carbonyl (C=O) groups excluding carboxylic acids is 1. The van der Waals surface area contributed by atoms with Gasteiger partial charge < -0.3 is 10.1 Å². The molecule has 0 saturated carbocycles. The van der Waals surface area contributed by atoms with E-state index in [0.29, 0.717) is 23.7 Å². The molecule has 0 unspecified atom stereocenters. The summed E-state index contributed by atoms with van der Waals surface area (Å²) in [6, 6.07) is 12.5. The Hall–Kier alpha value is -3.29. The molecule has 0 aliphatic rings. The first kappa shape index (κ1) is 16.6. The number of nitrogens with one attached hydrogen (secondary N) is 1. The van der Waals surface area contributed by atoms with E-state index in [1.807, 2.05) is 6.92 Å². The normalized spacial score (nSPS) is 10.5. The van der Waals surface area contributed by atoms with Gasteiger partial charge in [0.2, 0.25) is 0 Å². The third-order valence-corrected chi connectivity index (χ3v) is 3.51. The van der Waals surface area contributed by atoms with E-state index in [1.54, 1.807) is 41.1 Å². The van der Waals surface area contributed by atoms with Crippen molar-refractivity contribution in [3.63, 3.8) is 0 Å². The molecule has 3 rings (SSSR count). The summed E-state index contributed by atoms with van der Waals surface area (Å²) < 4.78 is 20.8. The first-order valence-electron chi connectivity index (χ1n) is 7.71. The quantitative estimate of drug-likeness (QED) is 0.745. The molecule has 1 aromatic heterocycles. The molecule has 128 valence electrons. The first-order chi connectivity index (χ1) is 12.2. The van der Waals surface area contributed by atoms with Crippen molar-refractivity contribution in [2.75, 3.05) is 5.32 Å². The summed E-state index contributed by atoms with van der Waals surface area (Å²) >= 11 is 0. The van der Waals surface area contributed by atoms with E-state index < -0.39 is 11.7 Å². The largest absolute Gasteiger partial charge is 0.486 e. The molecule has 0 aliphatic heterocycles. The van der Waals surface area contributed by atoms with Crippen LogP contribution in [0.1, 0.15) is 23.1 Å². The number of hydrogen-bond donors (Lipinski definition) is 1. The van der Waals surface area contributed by atoms with Crippen molar-refractivity contribution in [2.45, 2.75) is 20.1 Å². The number of rotatable bonds is 6. The molecule has 1 amide bonds. The highest BCUT2D eigenvalue weighted by molar-refractivity contribution is 6.04. The Kier molecular flexibility index (Phi) is 4.98. The van der Waals surface area contributed by atoms with Gasteiger partial charge in [0, 0.05) is 12.1 Å². The fraction of sp³-hybridized carbons (Fsp3) is 0.176. The van der Waals surface area contributed by atoms with Gasteiger partial charge in [-0.1, -0.05) is 12.1 Å². The molecular formula is C17H16FN5O2. The van der Waals surface area contributed by atoms with Crippen LogP contribution in [0.3, 0.4) is 0 Å². The van der Waals surface area contributed by atoms with Crippen LogP contribution in [0.2, 0.25) is 0 Å². The van der Waals surface area contributed by atoms with Crippen LogP contribution in [0.15, 0.2) is 48.5 Å². The fourth-order valence-corrected chi connectivity index (χ4v) is 2.18. The predicted octanol–water partition coefficient (Wildman–Crippen LogP) is 2.66. The highest BCUT2D eigenvalue weighted by atomic mass is 19.1. The van der Waals surface area contributed by atoms with E-state index in [-0.39, 0.29) is 12.3 Å². The van der Waals surface area contributed by atoms with Crippen molar-refractivity contribution in [2.24, 2.45) is 0 Å². The Balaban J connectivity index is 1.62. The number of aryl methyl sites for hydroxylation is 1. The lowest BCUT2D eigenvalue weighted by Gasteiger charge is -2.08. The zero-order valence-corrected chi connectivity index (χ0v) is 13.5. The molecule has 1 N–H and O–H groups in total. The maximum absolute atomic E-state index is 13.6. The second-order valence-electron chi connectivity index (χ2n) is 5.16. The SMILES string of the molecule is CCn1nnnc1COc1ccc(C(=O)Nc2ccccc2F)cc1. The molecule has 2 aromatic carbocycles. The molecule has 7 nitrogen and oxygen atoms in total. The summed E-state index contributed by atoms with van der Waals surface area (Å²) in [5.74, 6) is 0.313. The number of hydrogen-bond acceptors (Lipinski definition) is 5. The van der Waals surface area contributed by atoms with Gasteiger partial charge in [-0.25, -0.2) is 9.07 Å². The lowest BCUT2D eigenvalue weighted by atomic mass is 10.2. The molecule has 0 saturated heterocycles. The minimum atomic E-state index is -0.482. The summed E-state index contributed by atoms with van der Waals surface area (Å²) in [4.78, 5) is 12.2. The maximum Gasteiger partial charge on any atom is 0.255 e. The average Bonchev–Trinajstić information content (AvgIpc) is 3.10. The van der Waals surface area contributed by atoms with Gasteiger partial charge >= 0.3 is 0 Å². The highest BCUT2D eigenvalue weighted by Gasteiger charge is 2.10. The van der Waals surface area contributed by atoms with Crippen LogP contribution in [-0.4, -0.2) is 26.1 Å². The van der Waals surface area contributed by atoms with Crippen LogP contribution in [0.25, 0.3) is 0 Å². The molecule has 0 spiro atoms. The van der Waals surface area contributed by atoms with Gasteiger partial charge in [-0.2, -0.15) is 0 Å². The van der Waals surface area contributed by atoms with E-state index >= 15 is 0 Å². The molecule has 0 aliphatic carbocycles. The van der Waals surface area contributed by atoms with Crippen LogP contribution < -0.4 is 10.1 Å². The van der Waals surface area contributed by atoms with Crippen molar-refractivity contribution >= 4 is 11.6 Å². The Bertz CT molecular complexity index is 863. The standard InChI is InChI=1S/C17H16FN5O2/c1-2-23-16(20-21-22-23)11-25-13-9-7-12(8-10-13)17(24)19-15-6-4-3-5-14(15)18/h3-10H,2,11H2,1H3,(H,19,24). The number of tetrazole rings is 1. The van der Waals surface area contributed by atoms with Crippen LogP contribution in [0, 0.1) is 5.82 Å². The van der Waals surface area contributed by atoms with Gasteiger partial charge in [0.15, 0.2) is 5.82 Å². The van der Waals surface area contributed by atoms with Gasteiger partial charge in [0.25, 0.3) is 5.91 Å². The average molecular weight is 341 g/mol. The Morgan fingerprint density at radius 3 is 2.68 bits per heavy atom. The number of ether oxygens (including phenoxy) is 1. The number of carbonyl (C=O) groups is 1. The van der Waals surface area contributed by atoms with Crippen LogP contribution in [0.4, 0.5) is 10.1 Å². The first-order valence-corrected chi connectivity index (χ1v) is 7.71. The third kappa shape index (κ3) is 3.97. The maximum atomic E-state index is 13.6. The fourth-order valence-electron chi connectivity index (χ4n) is 2.18. The van der Waals surface area contributed by atoms with Gasteiger partial charge in [-0.15, -0.1) is 5.10 Å². The number of anilines is 1. The molecule has 0 bridgehead atoms. The van der Waals surface area contributed by atoms with Crippen molar-refractivity contribution in [3.8, 4) is 5.75 Å². The lowest BCUT2D eigenvalue weighted by molar-refractivity contribution is 0.102. The Morgan fingerprint density at radius 1 is 1.20 bits per heavy atom. The van der Waals surface area contributed by atoms with E-state index in [1.165, 1.54) is 12.1 Å². The third-order valence-electron chi connectivity index (χ3n) is 3.51. The molecule has 1 heterocycles. The zero-order chi connectivity index (χ0) is 17.6. The van der Waals surface area contributed by atoms with Gasteiger partial charge in [-0.05, 0) is 53.7 Å². The zero-order valence-electron chi connectivity index (χ0n) is 13.5. The van der Waals surface area contributed by atoms with Crippen molar-refractivity contribution in [3.05, 3.63) is 65.7 Å². The monoisotopic (exact) mass is 341 g/mol. The Morgan fingerprint density at radius 2 is 1.96 bits per heavy atom. The van der Waals surface area contributed by atoms with Crippen LogP contribution in [0.5, 0.6) is 5.75 Å². The minimum absolute atomic E-state index is 0.138. The molecular weight excluding hydrogens is 325 g/mol. The van der Waals surface area contributed by atoms with E-state index in [2.05, 4.69) is 20.8 Å². The van der Waals surface area contributed by atoms with E-state index in [0.717, 1.165) is 0 Å². The van der Waals surface area contributed by atoms with E-state index in [4.69, 9.17) is 4.74 Å². The number of halogens is 1. The Labute approximate surface area is 143 Å². The van der Waals surface area contributed by atoms with Gasteiger partial charge in [0.05, 0.1) is 5.69 Å². The van der Waals surface area contributed by atoms with Crippen molar-refractivity contribution in [1.82, 2.24) is 20.2 Å². The molecule has 8 heteroatoms. The summed E-state index contributed by atoms with van der Waals surface area (Å²) in [6.07, 6.45) is 0. The molecule has 0 radical (unpaired) electrons. The minimum Gasteiger partial charge on any atom is -0.486 e. The topological polar surface area (TPSA) is 81.9 Å². The summed E-state index contributed by atoms with van der Waals surface area (Å²) in [6.45, 7) is 2.81. The predicted molar refractivity (Wildman–Crippen MR) is 88.6 cm³/mol. The lowest BCUT2D eigenvalue weighted by Crippen LogP contribution is -2.13. The number of para-hydroxylation sites is 1. The second kappa shape index (κ2) is 7.52. The summed E-state index contributed by atoms with van der Waals surface area (Å²) in [5, 5.41) is 13.8. The molecule has 25 heavy (non-hydrogen) atoms. The number of amides is 1. The highest BCUT2D eigenvalue weighted by Crippen LogP contribution is 2.17. The van der Waals surface area contributed by atoms with Crippen molar-refractivity contribution < 1.29 is 13.9 Å². The summed E-state index contributed by atoms with van der Waals surface area (Å²) in [7, 11) is 0.